The van der Waals surface area contributed by atoms with Gasteiger partial charge in [0.15, 0.2) is 0 Å². The highest BCUT2D eigenvalue weighted by Gasteiger charge is 2.42. The van der Waals surface area contributed by atoms with E-state index in [2.05, 4.69) is 0 Å². The Labute approximate surface area is 105 Å². The lowest BCUT2D eigenvalue weighted by atomic mass is 9.75. The summed E-state index contributed by atoms with van der Waals surface area (Å²) in [5.74, 6) is 0.389. The van der Waals surface area contributed by atoms with Crippen LogP contribution in [0.25, 0.3) is 0 Å². The Morgan fingerprint density at radius 3 is 2.18 bits per heavy atom. The molecule has 0 aromatic carbocycles. The van der Waals surface area contributed by atoms with E-state index in [1.165, 1.54) is 32.1 Å². The van der Waals surface area contributed by atoms with Crippen LogP contribution in [0.3, 0.4) is 0 Å². The van der Waals surface area contributed by atoms with Gasteiger partial charge >= 0.3 is 5.97 Å². The summed E-state index contributed by atoms with van der Waals surface area (Å²) >= 11 is 0. The quantitative estimate of drug-likeness (QED) is 0.770. The van der Waals surface area contributed by atoms with Crippen LogP contribution in [0.15, 0.2) is 0 Å². The average Bonchev–Trinajstić information content (AvgIpc) is 2.25. The Bertz CT molecular complexity index is 260. The van der Waals surface area contributed by atoms with Gasteiger partial charge in [-0.2, -0.15) is 0 Å². The second-order valence-electron chi connectivity index (χ2n) is 6.45. The number of carbonyl (C=O) groups is 1. The molecule has 0 aliphatic heterocycles. The molecule has 3 heteroatoms. The van der Waals surface area contributed by atoms with Crippen molar-refractivity contribution in [3.05, 3.63) is 0 Å². The fourth-order valence-corrected chi connectivity index (χ4v) is 1.99. The standard InChI is InChI=1S/C14H27NO2/c1-13(2,14(3,4)15)12(16)17-10-11-8-6-5-7-9-11/h11H,5-10,15H2,1-4H3. The Kier molecular flexibility index (Phi) is 4.59. The van der Waals surface area contributed by atoms with Crippen molar-refractivity contribution in [2.75, 3.05) is 6.61 Å². The molecule has 0 aromatic heterocycles. The topological polar surface area (TPSA) is 52.3 Å². The molecule has 1 rings (SSSR count). The van der Waals surface area contributed by atoms with Crippen molar-refractivity contribution in [1.29, 1.82) is 0 Å². The Hall–Kier alpha value is -0.570. The van der Waals surface area contributed by atoms with Crippen LogP contribution in [0.5, 0.6) is 0 Å². The van der Waals surface area contributed by atoms with Crippen molar-refractivity contribution in [3.63, 3.8) is 0 Å². The second-order valence-corrected chi connectivity index (χ2v) is 6.45. The minimum atomic E-state index is -0.637. The van der Waals surface area contributed by atoms with Crippen molar-refractivity contribution in [2.45, 2.75) is 65.3 Å². The molecule has 0 unspecified atom stereocenters. The van der Waals surface area contributed by atoms with Crippen molar-refractivity contribution in [3.8, 4) is 0 Å². The van der Waals surface area contributed by atoms with Crippen molar-refractivity contribution in [1.82, 2.24) is 0 Å². The second kappa shape index (κ2) is 5.38. The molecule has 0 saturated heterocycles. The van der Waals surface area contributed by atoms with E-state index in [-0.39, 0.29) is 5.97 Å². The number of carbonyl (C=O) groups excluding carboxylic acids is 1. The van der Waals surface area contributed by atoms with Gasteiger partial charge in [-0.25, -0.2) is 0 Å². The van der Waals surface area contributed by atoms with E-state index in [1.807, 2.05) is 27.7 Å². The SMILES string of the molecule is CC(C)(N)C(C)(C)C(=O)OCC1CCCCC1. The van der Waals surface area contributed by atoms with E-state index in [0.717, 1.165) is 0 Å². The van der Waals surface area contributed by atoms with E-state index in [4.69, 9.17) is 10.5 Å². The van der Waals surface area contributed by atoms with Crippen LogP contribution in [-0.4, -0.2) is 18.1 Å². The van der Waals surface area contributed by atoms with Crippen molar-refractivity contribution in [2.24, 2.45) is 17.1 Å². The molecule has 0 aromatic rings. The number of rotatable bonds is 4. The molecule has 1 saturated carbocycles. The molecule has 3 nitrogen and oxygen atoms in total. The molecule has 0 heterocycles. The number of ether oxygens (including phenoxy) is 1. The third kappa shape index (κ3) is 3.70. The van der Waals surface area contributed by atoms with Crippen LogP contribution in [0.1, 0.15) is 59.8 Å². The van der Waals surface area contributed by atoms with Gasteiger partial charge in [0.05, 0.1) is 12.0 Å². The highest BCUT2D eigenvalue weighted by atomic mass is 16.5. The van der Waals surface area contributed by atoms with Gasteiger partial charge in [0.25, 0.3) is 0 Å². The first-order valence-electron chi connectivity index (χ1n) is 6.71. The van der Waals surface area contributed by atoms with Gasteiger partial charge in [-0.3, -0.25) is 4.79 Å². The molecule has 1 fully saturated rings. The molecular weight excluding hydrogens is 214 g/mol. The molecule has 17 heavy (non-hydrogen) atoms. The lowest BCUT2D eigenvalue weighted by Gasteiger charge is -2.36. The molecular formula is C14H27NO2. The number of nitrogens with two attached hydrogens (primary N) is 1. The Morgan fingerprint density at radius 1 is 1.18 bits per heavy atom. The number of hydrogen-bond acceptors (Lipinski definition) is 3. The van der Waals surface area contributed by atoms with Gasteiger partial charge in [-0.15, -0.1) is 0 Å². The van der Waals surface area contributed by atoms with Crippen LogP contribution < -0.4 is 5.73 Å². The van der Waals surface area contributed by atoms with Gasteiger partial charge in [0.2, 0.25) is 0 Å². The van der Waals surface area contributed by atoms with E-state index in [9.17, 15) is 4.79 Å². The minimum absolute atomic E-state index is 0.171. The predicted molar refractivity (Wildman–Crippen MR) is 69.6 cm³/mol. The van der Waals surface area contributed by atoms with E-state index in [1.54, 1.807) is 0 Å². The third-order valence-electron chi connectivity index (χ3n) is 4.30. The lowest BCUT2D eigenvalue weighted by molar-refractivity contribution is -0.159. The smallest absolute Gasteiger partial charge is 0.313 e. The van der Waals surface area contributed by atoms with E-state index >= 15 is 0 Å². The predicted octanol–water partition coefficient (Wildman–Crippen LogP) is 2.87. The van der Waals surface area contributed by atoms with Gasteiger partial charge < -0.3 is 10.5 Å². The molecule has 0 atom stereocenters. The van der Waals surface area contributed by atoms with Gasteiger partial charge in [-0.1, -0.05) is 19.3 Å². The summed E-state index contributed by atoms with van der Waals surface area (Å²) < 4.78 is 5.45. The summed E-state index contributed by atoms with van der Waals surface area (Å²) in [6, 6.07) is 0. The van der Waals surface area contributed by atoms with Crippen LogP contribution >= 0.6 is 0 Å². The number of hydrogen-bond donors (Lipinski definition) is 1. The zero-order valence-electron chi connectivity index (χ0n) is 11.7. The van der Waals surface area contributed by atoms with E-state index < -0.39 is 11.0 Å². The summed E-state index contributed by atoms with van der Waals surface area (Å²) in [7, 11) is 0. The highest BCUT2D eigenvalue weighted by molar-refractivity contribution is 5.77. The summed E-state index contributed by atoms with van der Waals surface area (Å²) in [4.78, 5) is 12.1. The molecule has 100 valence electrons. The molecule has 1 aliphatic carbocycles. The number of esters is 1. The molecule has 2 N–H and O–H groups in total. The molecule has 0 spiro atoms. The summed E-state index contributed by atoms with van der Waals surface area (Å²) in [5, 5.41) is 0. The zero-order chi connectivity index (χ0) is 13.1. The maximum atomic E-state index is 12.1. The zero-order valence-corrected chi connectivity index (χ0v) is 11.7. The highest BCUT2D eigenvalue weighted by Crippen LogP contribution is 2.31. The average molecular weight is 241 g/mol. The Morgan fingerprint density at radius 2 is 1.71 bits per heavy atom. The summed E-state index contributed by atoms with van der Waals surface area (Å²) in [5.41, 5.74) is 4.83. The molecule has 0 bridgehead atoms. The van der Waals surface area contributed by atoms with Crippen LogP contribution in [0, 0.1) is 11.3 Å². The molecule has 0 amide bonds. The van der Waals surface area contributed by atoms with Gasteiger partial charge in [0.1, 0.15) is 0 Å². The fourth-order valence-electron chi connectivity index (χ4n) is 1.99. The van der Waals surface area contributed by atoms with Crippen LogP contribution in [0.2, 0.25) is 0 Å². The van der Waals surface area contributed by atoms with Crippen molar-refractivity contribution >= 4 is 5.97 Å². The normalized spacial score (nSPS) is 19.1. The molecule has 1 aliphatic rings. The first kappa shape index (κ1) is 14.5. The largest absolute Gasteiger partial charge is 0.465 e. The first-order valence-corrected chi connectivity index (χ1v) is 6.71. The monoisotopic (exact) mass is 241 g/mol. The maximum absolute atomic E-state index is 12.1. The first-order chi connectivity index (χ1) is 7.75. The summed E-state index contributed by atoms with van der Waals surface area (Å²) in [6.07, 6.45) is 6.26. The maximum Gasteiger partial charge on any atom is 0.313 e. The van der Waals surface area contributed by atoms with Gasteiger partial charge in [-0.05, 0) is 46.5 Å². The third-order valence-corrected chi connectivity index (χ3v) is 4.30. The van der Waals surface area contributed by atoms with Crippen molar-refractivity contribution < 1.29 is 9.53 Å². The fraction of sp³-hybridized carbons (Fsp3) is 0.929. The minimum Gasteiger partial charge on any atom is -0.465 e. The lowest BCUT2D eigenvalue weighted by Crippen LogP contribution is -2.52. The molecule has 0 radical (unpaired) electrons. The Balaban J connectivity index is 2.43. The van der Waals surface area contributed by atoms with E-state index in [0.29, 0.717) is 12.5 Å². The van der Waals surface area contributed by atoms with Crippen LogP contribution in [0.4, 0.5) is 0 Å². The van der Waals surface area contributed by atoms with Crippen LogP contribution in [-0.2, 0) is 9.53 Å². The summed E-state index contributed by atoms with van der Waals surface area (Å²) in [6.45, 7) is 8.02. The van der Waals surface area contributed by atoms with Gasteiger partial charge in [0, 0.05) is 5.54 Å².